The minimum atomic E-state index is -1.23. The van der Waals surface area contributed by atoms with Gasteiger partial charge in [0.05, 0.1) is 10.8 Å². The van der Waals surface area contributed by atoms with Crippen LogP contribution in [0.5, 0.6) is 0 Å². The van der Waals surface area contributed by atoms with Gasteiger partial charge in [0, 0.05) is 0 Å². The number of carbonyl (C=O) groups is 1. The SMILES string of the molecule is BCC(B)(C)c1ccc2oc3nc(N)c(C(=O)O)cc3c(=O)c2c1. The van der Waals surface area contributed by atoms with Crippen LogP contribution in [0, 0.1) is 0 Å². The first-order valence-corrected chi connectivity index (χ1v) is 7.65. The number of hydrogen-bond donors (Lipinski definition) is 2. The smallest absolute Gasteiger partial charge is 0.339 e. The molecule has 0 bridgehead atoms. The Morgan fingerprint density at radius 3 is 2.71 bits per heavy atom. The molecule has 2 aromatic heterocycles. The summed E-state index contributed by atoms with van der Waals surface area (Å²) in [7, 11) is 4.18. The Kier molecular flexibility index (Phi) is 3.63. The molecule has 3 rings (SSSR count). The van der Waals surface area contributed by atoms with Crippen LogP contribution < -0.4 is 11.2 Å². The Hall–Kier alpha value is -2.76. The summed E-state index contributed by atoms with van der Waals surface area (Å²) in [6.07, 6.45) is 0.915. The quantitative estimate of drug-likeness (QED) is 0.538. The summed E-state index contributed by atoms with van der Waals surface area (Å²) in [5.74, 6) is -1.41. The highest BCUT2D eigenvalue weighted by Crippen LogP contribution is 2.27. The Labute approximate surface area is 139 Å². The molecule has 0 amide bonds. The van der Waals surface area contributed by atoms with E-state index in [-0.39, 0.29) is 33.2 Å². The van der Waals surface area contributed by atoms with E-state index < -0.39 is 5.97 Å². The minimum Gasteiger partial charge on any atom is -0.478 e. The lowest BCUT2D eigenvalue weighted by molar-refractivity contribution is 0.0698. The molecule has 24 heavy (non-hydrogen) atoms. The second kappa shape index (κ2) is 5.40. The number of nitrogens with two attached hydrogens (primary N) is 1. The van der Waals surface area contributed by atoms with Crippen LogP contribution in [0.25, 0.3) is 22.1 Å². The van der Waals surface area contributed by atoms with E-state index in [1.165, 1.54) is 6.07 Å². The molecule has 0 saturated carbocycles. The van der Waals surface area contributed by atoms with Crippen LogP contribution in [-0.2, 0) is 5.31 Å². The van der Waals surface area contributed by atoms with Crippen molar-refractivity contribution < 1.29 is 14.3 Å². The molecule has 0 fully saturated rings. The Bertz CT molecular complexity index is 1040. The predicted molar refractivity (Wildman–Crippen MR) is 98.4 cm³/mol. The van der Waals surface area contributed by atoms with Crippen molar-refractivity contribution in [2.45, 2.75) is 18.6 Å². The number of aromatic carboxylic acids is 1. The fourth-order valence-electron chi connectivity index (χ4n) is 2.59. The van der Waals surface area contributed by atoms with Gasteiger partial charge in [-0.15, -0.1) is 0 Å². The first-order chi connectivity index (χ1) is 11.2. The molecule has 1 atom stereocenters. The van der Waals surface area contributed by atoms with Crippen LogP contribution in [0.15, 0.2) is 33.5 Å². The Morgan fingerprint density at radius 1 is 1.38 bits per heavy atom. The lowest BCUT2D eigenvalue weighted by Gasteiger charge is -2.23. The van der Waals surface area contributed by atoms with Gasteiger partial charge in [-0.25, -0.2) is 4.79 Å². The Balaban J connectivity index is 2.38. The van der Waals surface area contributed by atoms with Crippen molar-refractivity contribution in [3.8, 4) is 0 Å². The van der Waals surface area contributed by atoms with Crippen molar-refractivity contribution in [2.75, 3.05) is 5.73 Å². The topological polar surface area (TPSA) is 106 Å². The molecule has 0 saturated heterocycles. The standard InChI is InChI=1S/C16H16B2N2O4/c1-16(18,6-17)7-2-3-11-8(4-7)12(21)9-5-10(15(22)23)13(19)20-14(9)24-11/h2-5H,6,17-18H2,1H3,(H2,19,20)(H,22,23). The van der Waals surface area contributed by atoms with E-state index in [9.17, 15) is 9.59 Å². The highest BCUT2D eigenvalue weighted by molar-refractivity contribution is 6.22. The van der Waals surface area contributed by atoms with Crippen LogP contribution >= 0.6 is 0 Å². The average molecular weight is 322 g/mol. The molecule has 3 aromatic rings. The summed E-state index contributed by atoms with van der Waals surface area (Å²) >= 11 is 0. The molecular weight excluding hydrogens is 306 g/mol. The normalized spacial score (nSPS) is 13.9. The van der Waals surface area contributed by atoms with E-state index in [2.05, 4.69) is 27.6 Å². The van der Waals surface area contributed by atoms with Gasteiger partial charge < -0.3 is 15.3 Å². The van der Waals surface area contributed by atoms with Gasteiger partial charge in [0.25, 0.3) is 0 Å². The zero-order chi connectivity index (χ0) is 17.6. The third kappa shape index (κ3) is 2.44. The fraction of sp³-hybridized carbons (Fsp3) is 0.188. The number of hydrogen-bond acceptors (Lipinski definition) is 5. The zero-order valence-corrected chi connectivity index (χ0v) is 13.7. The van der Waals surface area contributed by atoms with E-state index >= 15 is 0 Å². The van der Waals surface area contributed by atoms with Gasteiger partial charge in [-0.05, 0) is 29.1 Å². The first kappa shape index (κ1) is 16.1. The van der Waals surface area contributed by atoms with Crippen LogP contribution in [0.4, 0.5) is 5.82 Å². The highest BCUT2D eigenvalue weighted by atomic mass is 16.4. The first-order valence-electron chi connectivity index (χ1n) is 7.65. The van der Waals surface area contributed by atoms with Gasteiger partial charge in [-0.1, -0.05) is 19.3 Å². The molecule has 2 heterocycles. The highest BCUT2D eigenvalue weighted by Gasteiger charge is 2.20. The number of nitrogens with zero attached hydrogens (tertiary/aromatic N) is 1. The van der Waals surface area contributed by atoms with Crippen molar-refractivity contribution >= 4 is 49.5 Å². The molecule has 1 aromatic carbocycles. The van der Waals surface area contributed by atoms with Gasteiger partial charge in [0.15, 0.2) is 0 Å². The van der Waals surface area contributed by atoms with Gasteiger partial charge in [0.2, 0.25) is 11.1 Å². The van der Waals surface area contributed by atoms with E-state index in [4.69, 9.17) is 15.3 Å². The molecule has 0 aliphatic rings. The third-order valence-electron chi connectivity index (χ3n) is 4.59. The molecule has 0 radical (unpaired) electrons. The van der Waals surface area contributed by atoms with E-state index in [1.54, 1.807) is 12.1 Å². The maximum absolute atomic E-state index is 12.8. The number of carboxylic acids is 1. The molecule has 120 valence electrons. The largest absolute Gasteiger partial charge is 0.478 e. The molecular formula is C16H16B2N2O4. The fourth-order valence-corrected chi connectivity index (χ4v) is 2.59. The predicted octanol–water partition coefficient (Wildman–Crippen LogP) is 0.521. The molecule has 6 nitrogen and oxygen atoms in total. The van der Waals surface area contributed by atoms with Gasteiger partial charge in [0.1, 0.15) is 32.7 Å². The number of pyridine rings is 1. The van der Waals surface area contributed by atoms with Crippen LogP contribution in [0.2, 0.25) is 6.32 Å². The lowest BCUT2D eigenvalue weighted by atomic mass is 9.59. The second-order valence-corrected chi connectivity index (χ2v) is 6.46. The molecule has 8 heteroatoms. The summed E-state index contributed by atoms with van der Waals surface area (Å²) in [6.45, 7) is 2.10. The van der Waals surface area contributed by atoms with E-state index in [1.807, 2.05) is 6.07 Å². The summed E-state index contributed by atoms with van der Waals surface area (Å²) < 4.78 is 5.66. The molecule has 3 N–H and O–H groups in total. The number of anilines is 1. The monoisotopic (exact) mass is 322 g/mol. The summed E-state index contributed by atoms with van der Waals surface area (Å²) in [6, 6.07) is 6.70. The minimum absolute atomic E-state index is 0.0394. The average Bonchev–Trinajstić information content (AvgIpc) is 2.54. The number of benzene rings is 1. The van der Waals surface area contributed by atoms with E-state index in [0.29, 0.717) is 11.0 Å². The number of fused-ring (bicyclic) bond motifs is 2. The summed E-state index contributed by atoms with van der Waals surface area (Å²) in [5, 5.41) is 9.60. The second-order valence-electron chi connectivity index (χ2n) is 6.46. The van der Waals surface area contributed by atoms with Crippen molar-refractivity contribution in [3.05, 3.63) is 45.6 Å². The maximum Gasteiger partial charge on any atom is 0.339 e. The number of carboxylic acid groups (broad SMARTS) is 1. The van der Waals surface area contributed by atoms with Gasteiger partial charge >= 0.3 is 5.97 Å². The molecule has 0 spiro atoms. The van der Waals surface area contributed by atoms with E-state index in [0.717, 1.165) is 11.9 Å². The van der Waals surface area contributed by atoms with Crippen LogP contribution in [0.3, 0.4) is 0 Å². The lowest BCUT2D eigenvalue weighted by Crippen LogP contribution is -2.21. The van der Waals surface area contributed by atoms with Crippen molar-refractivity contribution in [3.63, 3.8) is 0 Å². The Morgan fingerprint density at radius 2 is 2.08 bits per heavy atom. The number of aromatic nitrogens is 1. The van der Waals surface area contributed by atoms with Crippen molar-refractivity contribution in [1.82, 2.24) is 4.98 Å². The maximum atomic E-state index is 12.8. The molecule has 0 aliphatic heterocycles. The third-order valence-corrected chi connectivity index (χ3v) is 4.59. The summed E-state index contributed by atoms with van der Waals surface area (Å²) in [4.78, 5) is 27.9. The van der Waals surface area contributed by atoms with Gasteiger partial charge in [-0.3, -0.25) is 4.79 Å². The number of rotatable bonds is 3. The molecule has 1 unspecified atom stereocenters. The summed E-state index contributed by atoms with van der Waals surface area (Å²) in [5.41, 5.74) is 6.57. The van der Waals surface area contributed by atoms with Gasteiger partial charge in [-0.2, -0.15) is 4.98 Å². The van der Waals surface area contributed by atoms with Crippen molar-refractivity contribution in [1.29, 1.82) is 0 Å². The van der Waals surface area contributed by atoms with Crippen molar-refractivity contribution in [2.24, 2.45) is 0 Å². The zero-order valence-electron chi connectivity index (χ0n) is 13.7. The number of nitrogen functional groups attached to an aromatic ring is 1. The molecule has 0 aliphatic carbocycles. The van der Waals surface area contributed by atoms with Crippen LogP contribution in [-0.4, -0.2) is 31.8 Å². The van der Waals surface area contributed by atoms with Crippen LogP contribution in [0.1, 0.15) is 22.8 Å².